The number of anilines is 2. The number of alkyl carbamates (subject to hydrolysis) is 1. The first-order chi connectivity index (χ1) is 16.5. The fourth-order valence-corrected chi connectivity index (χ4v) is 4.99. The average molecular weight is 460 g/mol. The summed E-state index contributed by atoms with van der Waals surface area (Å²) < 4.78 is 4.70. The lowest BCUT2D eigenvalue weighted by Crippen LogP contribution is -2.45. The second-order valence-corrected chi connectivity index (χ2v) is 9.49. The Bertz CT molecular complexity index is 1180. The van der Waals surface area contributed by atoms with Gasteiger partial charge in [-0.2, -0.15) is 0 Å². The van der Waals surface area contributed by atoms with Crippen LogP contribution in [0.2, 0.25) is 0 Å². The molecule has 1 saturated heterocycles. The van der Waals surface area contributed by atoms with E-state index < -0.39 is 0 Å². The van der Waals surface area contributed by atoms with Crippen LogP contribution in [0.3, 0.4) is 0 Å². The molecule has 1 fully saturated rings. The number of carbonyl (C=O) groups excluding carboxylic acids is 1. The predicted molar refractivity (Wildman–Crippen MR) is 131 cm³/mol. The zero-order valence-corrected chi connectivity index (χ0v) is 19.7. The van der Waals surface area contributed by atoms with E-state index in [1.54, 1.807) is 0 Å². The second kappa shape index (κ2) is 8.93. The minimum Gasteiger partial charge on any atom is -0.453 e. The lowest BCUT2D eigenvalue weighted by molar-refractivity contribution is 0.158. The summed E-state index contributed by atoms with van der Waals surface area (Å²) in [6.45, 7) is 13.2. The third-order valence-corrected chi connectivity index (χ3v) is 7.13. The molecule has 5 rings (SSSR count). The van der Waals surface area contributed by atoms with Crippen molar-refractivity contribution < 1.29 is 9.53 Å². The Labute approximate surface area is 199 Å². The molecular weight excluding hydrogens is 430 g/mol. The second-order valence-electron chi connectivity index (χ2n) is 9.49. The summed E-state index contributed by atoms with van der Waals surface area (Å²) in [7, 11) is 1.39. The zero-order valence-electron chi connectivity index (χ0n) is 19.7. The molecule has 0 unspecified atom stereocenters. The van der Waals surface area contributed by atoms with Gasteiger partial charge in [-0.15, -0.1) is 0 Å². The van der Waals surface area contributed by atoms with Crippen molar-refractivity contribution >= 4 is 29.1 Å². The standard InChI is InChI=1S/C25H29N7O2/c1-25(16-29-24(33)34-3)8-11-31(12-9-25)21-15-27-22-19(30-21)14-28-23(22)32-10-4-5-17-13-18(26-2)6-7-20(17)32/h6-7,13,15H,4-5,8-12,14,16H2,1,3H3,(H,29,33). The van der Waals surface area contributed by atoms with Gasteiger partial charge in [-0.1, -0.05) is 19.1 Å². The third-order valence-electron chi connectivity index (χ3n) is 7.13. The van der Waals surface area contributed by atoms with Gasteiger partial charge in [0, 0.05) is 31.9 Å². The molecule has 0 atom stereocenters. The summed E-state index contributed by atoms with van der Waals surface area (Å²) in [5.74, 6) is 1.77. The van der Waals surface area contributed by atoms with Crippen molar-refractivity contribution in [3.8, 4) is 0 Å². The largest absolute Gasteiger partial charge is 0.453 e. The fourth-order valence-electron chi connectivity index (χ4n) is 4.99. The van der Waals surface area contributed by atoms with E-state index in [1.165, 1.54) is 12.7 Å². The van der Waals surface area contributed by atoms with Crippen LogP contribution in [0.25, 0.3) is 4.85 Å². The van der Waals surface area contributed by atoms with E-state index in [1.807, 2.05) is 24.4 Å². The summed E-state index contributed by atoms with van der Waals surface area (Å²) in [5.41, 5.74) is 4.80. The number of fused-ring (bicyclic) bond motifs is 2. The molecule has 176 valence electrons. The molecule has 9 heteroatoms. The van der Waals surface area contributed by atoms with Crippen LogP contribution >= 0.6 is 0 Å². The maximum atomic E-state index is 11.4. The van der Waals surface area contributed by atoms with Crippen molar-refractivity contribution in [2.45, 2.75) is 39.2 Å². The topological polar surface area (TPSA) is 87.3 Å². The van der Waals surface area contributed by atoms with E-state index in [9.17, 15) is 4.79 Å². The molecule has 1 aromatic carbocycles. The van der Waals surface area contributed by atoms with Gasteiger partial charge in [0.25, 0.3) is 0 Å². The molecule has 1 aromatic heterocycles. The molecule has 9 nitrogen and oxygen atoms in total. The Morgan fingerprint density at radius 1 is 1.29 bits per heavy atom. The van der Waals surface area contributed by atoms with Crippen LogP contribution in [0.1, 0.15) is 43.1 Å². The number of hydrogen-bond acceptors (Lipinski definition) is 7. The van der Waals surface area contributed by atoms with E-state index in [0.29, 0.717) is 18.8 Å². The number of hydrogen-bond donors (Lipinski definition) is 1. The Morgan fingerprint density at radius 2 is 2.12 bits per heavy atom. The highest BCUT2D eigenvalue weighted by atomic mass is 16.5. The van der Waals surface area contributed by atoms with Crippen molar-refractivity contribution in [2.75, 3.05) is 43.1 Å². The van der Waals surface area contributed by atoms with E-state index in [4.69, 9.17) is 26.3 Å². The number of nitrogens with one attached hydrogen (secondary N) is 1. The third kappa shape index (κ3) is 4.16. The number of aliphatic imine (C=N–C) groups is 1. The molecule has 0 radical (unpaired) electrons. The number of rotatable bonds is 3. The summed E-state index contributed by atoms with van der Waals surface area (Å²) in [6, 6.07) is 5.90. The Kier molecular flexibility index (Phi) is 5.82. The summed E-state index contributed by atoms with van der Waals surface area (Å²) in [4.78, 5) is 34.1. The van der Waals surface area contributed by atoms with Gasteiger partial charge in [-0.3, -0.25) is 4.99 Å². The SMILES string of the molecule is [C-]#[N+]c1ccc2c(c1)CCCN2C1=NCc2nc(N3CCC(C)(CNC(=O)OC)CC3)cnc21. The van der Waals surface area contributed by atoms with Gasteiger partial charge >= 0.3 is 6.09 Å². The lowest BCUT2D eigenvalue weighted by atomic mass is 9.80. The van der Waals surface area contributed by atoms with Crippen molar-refractivity contribution in [3.05, 3.63) is 52.8 Å². The minimum atomic E-state index is -0.382. The maximum Gasteiger partial charge on any atom is 0.406 e. The highest BCUT2D eigenvalue weighted by Crippen LogP contribution is 2.35. The minimum absolute atomic E-state index is 0.0416. The molecule has 0 saturated carbocycles. The Hall–Kier alpha value is -3.67. The monoisotopic (exact) mass is 459 g/mol. The van der Waals surface area contributed by atoms with E-state index in [2.05, 4.69) is 26.9 Å². The van der Waals surface area contributed by atoms with Gasteiger partial charge in [0.2, 0.25) is 0 Å². The van der Waals surface area contributed by atoms with Crippen molar-refractivity contribution in [2.24, 2.45) is 10.4 Å². The van der Waals surface area contributed by atoms with E-state index >= 15 is 0 Å². The summed E-state index contributed by atoms with van der Waals surface area (Å²) >= 11 is 0. The van der Waals surface area contributed by atoms with Crippen LogP contribution < -0.4 is 15.1 Å². The van der Waals surface area contributed by atoms with Crippen molar-refractivity contribution in [1.29, 1.82) is 0 Å². The Morgan fingerprint density at radius 3 is 2.88 bits per heavy atom. The lowest BCUT2D eigenvalue weighted by Gasteiger charge is -2.39. The molecule has 4 heterocycles. The zero-order chi connectivity index (χ0) is 23.7. The van der Waals surface area contributed by atoms with Crippen LogP contribution in [0.5, 0.6) is 0 Å². The number of methoxy groups -OCH3 is 1. The van der Waals surface area contributed by atoms with Crippen molar-refractivity contribution in [1.82, 2.24) is 15.3 Å². The van der Waals surface area contributed by atoms with Gasteiger partial charge in [0.15, 0.2) is 11.5 Å². The first-order valence-corrected chi connectivity index (χ1v) is 11.8. The molecule has 1 N–H and O–H groups in total. The first-order valence-electron chi connectivity index (χ1n) is 11.8. The number of aryl methyl sites for hydroxylation is 1. The molecule has 2 aromatic rings. The van der Waals surface area contributed by atoms with Gasteiger partial charge in [0.05, 0.1) is 32.1 Å². The van der Waals surface area contributed by atoms with Gasteiger partial charge in [0.1, 0.15) is 11.5 Å². The average Bonchev–Trinajstić information content (AvgIpc) is 3.30. The number of amides is 1. The molecule has 3 aliphatic rings. The molecule has 0 aliphatic carbocycles. The van der Waals surface area contributed by atoms with E-state index in [-0.39, 0.29) is 11.5 Å². The van der Waals surface area contributed by atoms with Crippen LogP contribution in [0.4, 0.5) is 22.0 Å². The van der Waals surface area contributed by atoms with Gasteiger partial charge in [-0.05, 0) is 42.7 Å². The first kappa shape index (κ1) is 22.1. The van der Waals surface area contributed by atoms with Gasteiger partial charge in [-0.25, -0.2) is 19.6 Å². The number of ether oxygens (including phenoxy) is 1. The highest BCUT2D eigenvalue weighted by Gasteiger charge is 2.33. The number of amidine groups is 1. The van der Waals surface area contributed by atoms with Crippen LogP contribution in [-0.4, -0.2) is 55.2 Å². The molecule has 34 heavy (non-hydrogen) atoms. The summed E-state index contributed by atoms with van der Waals surface area (Å²) in [6.07, 6.45) is 5.38. The number of nitrogens with zero attached hydrogens (tertiary/aromatic N) is 6. The smallest absolute Gasteiger partial charge is 0.406 e. The molecule has 1 amide bonds. The maximum absolute atomic E-state index is 11.4. The predicted octanol–water partition coefficient (Wildman–Crippen LogP) is 3.70. The van der Waals surface area contributed by atoms with E-state index in [0.717, 1.165) is 74.0 Å². The quantitative estimate of drug-likeness (QED) is 0.705. The summed E-state index contributed by atoms with van der Waals surface area (Å²) in [5, 5.41) is 2.84. The van der Waals surface area contributed by atoms with Crippen LogP contribution in [-0.2, 0) is 17.7 Å². The fraction of sp³-hybridized carbons (Fsp3) is 0.480. The highest BCUT2D eigenvalue weighted by molar-refractivity contribution is 6.11. The van der Waals surface area contributed by atoms with Crippen LogP contribution in [0, 0.1) is 12.0 Å². The number of piperidine rings is 1. The number of benzene rings is 1. The number of carbonyl (C=O) groups is 1. The Balaban J connectivity index is 1.29. The molecule has 3 aliphatic heterocycles. The van der Waals surface area contributed by atoms with Gasteiger partial charge < -0.3 is 19.9 Å². The van der Waals surface area contributed by atoms with Crippen LogP contribution in [0.15, 0.2) is 29.4 Å². The number of aromatic nitrogens is 2. The van der Waals surface area contributed by atoms with Crippen molar-refractivity contribution in [3.63, 3.8) is 0 Å². The molecule has 0 spiro atoms. The molecular formula is C25H29N7O2. The normalized spacial score (nSPS) is 18.4. The molecule has 0 bridgehead atoms.